The van der Waals surface area contributed by atoms with E-state index in [0.717, 1.165) is 10.8 Å². The molecule has 1 aliphatic rings. The van der Waals surface area contributed by atoms with E-state index in [-0.39, 0.29) is 0 Å². The van der Waals surface area contributed by atoms with Crippen LogP contribution in [0, 0.1) is 5.92 Å². The summed E-state index contributed by atoms with van der Waals surface area (Å²) in [6, 6.07) is 0. The molecule has 0 aromatic rings. The topological polar surface area (TPSA) is 0 Å². The first kappa shape index (κ1) is 7.93. The van der Waals surface area contributed by atoms with Gasteiger partial charge in [0.05, 0.1) is 0 Å². The second-order valence-electron chi connectivity index (χ2n) is 3.17. The fourth-order valence-corrected chi connectivity index (χ4v) is 1.56. The van der Waals surface area contributed by atoms with E-state index < -0.39 is 0 Å². The van der Waals surface area contributed by atoms with Gasteiger partial charge in [-0.2, -0.15) is 0 Å². The summed E-state index contributed by atoms with van der Waals surface area (Å²) in [6.07, 6.45) is 6.06. The molecular formula is C9H14S. The zero-order valence-corrected chi connectivity index (χ0v) is 7.50. The van der Waals surface area contributed by atoms with Gasteiger partial charge in [-0.05, 0) is 37.7 Å². The Morgan fingerprint density at radius 1 is 1.70 bits per heavy atom. The summed E-state index contributed by atoms with van der Waals surface area (Å²) in [4.78, 5) is 1.09. The second kappa shape index (κ2) is 3.29. The van der Waals surface area contributed by atoms with E-state index in [0.29, 0.717) is 0 Å². The van der Waals surface area contributed by atoms with E-state index in [1.807, 2.05) is 6.92 Å². The number of thiocarbonyl (C=S) groups is 1. The number of hydrogen-bond donors (Lipinski definition) is 0. The van der Waals surface area contributed by atoms with E-state index in [1.165, 1.54) is 24.8 Å². The molecule has 0 fully saturated rings. The van der Waals surface area contributed by atoms with Crippen molar-refractivity contribution in [1.29, 1.82) is 0 Å². The van der Waals surface area contributed by atoms with Crippen LogP contribution >= 0.6 is 12.2 Å². The van der Waals surface area contributed by atoms with E-state index in [1.54, 1.807) is 0 Å². The minimum atomic E-state index is 0.845. The van der Waals surface area contributed by atoms with Gasteiger partial charge < -0.3 is 0 Å². The highest BCUT2D eigenvalue weighted by Crippen LogP contribution is 2.23. The minimum absolute atomic E-state index is 0.845. The summed E-state index contributed by atoms with van der Waals surface area (Å²) in [5, 5.41) is 0. The monoisotopic (exact) mass is 154 g/mol. The van der Waals surface area contributed by atoms with Gasteiger partial charge in [-0.25, -0.2) is 0 Å². The van der Waals surface area contributed by atoms with Crippen LogP contribution in [0.15, 0.2) is 11.6 Å². The highest BCUT2D eigenvalue weighted by atomic mass is 32.1. The molecule has 0 saturated carbocycles. The Labute approximate surface area is 68.3 Å². The van der Waals surface area contributed by atoms with Crippen molar-refractivity contribution in [3.63, 3.8) is 0 Å². The van der Waals surface area contributed by atoms with Crippen LogP contribution in [0.4, 0.5) is 0 Å². The lowest BCUT2D eigenvalue weighted by molar-refractivity contribution is 0.519. The first-order chi connectivity index (χ1) is 4.70. The van der Waals surface area contributed by atoms with Crippen molar-refractivity contribution in [1.82, 2.24) is 0 Å². The quantitative estimate of drug-likeness (QED) is 0.523. The lowest BCUT2D eigenvalue weighted by atomic mass is 9.89. The number of hydrogen-bond acceptors (Lipinski definition) is 1. The molecule has 0 radical (unpaired) electrons. The fraction of sp³-hybridized carbons (Fsp3) is 0.667. The second-order valence-corrected chi connectivity index (χ2v) is 3.78. The third-order valence-electron chi connectivity index (χ3n) is 2.07. The molecule has 1 rings (SSSR count). The van der Waals surface area contributed by atoms with Gasteiger partial charge in [0.2, 0.25) is 0 Å². The van der Waals surface area contributed by atoms with Crippen LogP contribution in [0.2, 0.25) is 0 Å². The summed E-state index contributed by atoms with van der Waals surface area (Å²) in [6.45, 7) is 4.32. The molecule has 1 aliphatic carbocycles. The predicted molar refractivity (Wildman–Crippen MR) is 49.4 cm³/mol. The van der Waals surface area contributed by atoms with E-state index in [9.17, 15) is 0 Å². The van der Waals surface area contributed by atoms with Gasteiger partial charge in [-0.3, -0.25) is 0 Å². The van der Waals surface area contributed by atoms with Gasteiger partial charge in [0.15, 0.2) is 0 Å². The zero-order valence-electron chi connectivity index (χ0n) is 6.68. The first-order valence-corrected chi connectivity index (χ1v) is 4.31. The van der Waals surface area contributed by atoms with Crippen LogP contribution in [0.5, 0.6) is 0 Å². The summed E-state index contributed by atoms with van der Waals surface area (Å²) >= 11 is 5.10. The largest absolute Gasteiger partial charge is 0.0849 e. The molecule has 1 heteroatoms. The normalized spacial score (nSPS) is 25.8. The van der Waals surface area contributed by atoms with Gasteiger partial charge in [-0.15, -0.1) is 0 Å². The highest BCUT2D eigenvalue weighted by Gasteiger charge is 2.11. The number of rotatable bonds is 1. The van der Waals surface area contributed by atoms with Crippen molar-refractivity contribution in [2.75, 3.05) is 0 Å². The van der Waals surface area contributed by atoms with E-state index >= 15 is 0 Å². The Morgan fingerprint density at radius 3 is 2.80 bits per heavy atom. The average Bonchev–Trinajstić information content (AvgIpc) is 1.88. The molecule has 0 aromatic carbocycles. The van der Waals surface area contributed by atoms with Gasteiger partial charge in [0.25, 0.3) is 0 Å². The smallest absolute Gasteiger partial charge is 0.0150 e. The average molecular weight is 154 g/mol. The maximum atomic E-state index is 5.10. The lowest BCUT2D eigenvalue weighted by Gasteiger charge is -2.17. The Bertz CT molecular complexity index is 168. The van der Waals surface area contributed by atoms with E-state index in [4.69, 9.17) is 12.2 Å². The molecule has 0 heterocycles. The van der Waals surface area contributed by atoms with Gasteiger partial charge in [0, 0.05) is 4.86 Å². The van der Waals surface area contributed by atoms with E-state index in [2.05, 4.69) is 13.0 Å². The van der Waals surface area contributed by atoms with Crippen molar-refractivity contribution in [3.05, 3.63) is 11.6 Å². The molecule has 0 amide bonds. The molecular weight excluding hydrogens is 140 g/mol. The van der Waals surface area contributed by atoms with Crippen molar-refractivity contribution in [3.8, 4) is 0 Å². The van der Waals surface area contributed by atoms with Crippen molar-refractivity contribution in [2.45, 2.75) is 33.1 Å². The molecule has 0 saturated heterocycles. The molecule has 10 heavy (non-hydrogen) atoms. The zero-order chi connectivity index (χ0) is 7.56. The Balaban J connectivity index is 2.60. The number of allylic oxidation sites excluding steroid dienone is 2. The van der Waals surface area contributed by atoms with Crippen molar-refractivity contribution >= 4 is 17.1 Å². The Hall–Kier alpha value is -0.170. The van der Waals surface area contributed by atoms with Crippen LogP contribution < -0.4 is 0 Å². The van der Waals surface area contributed by atoms with Crippen LogP contribution in [0.3, 0.4) is 0 Å². The van der Waals surface area contributed by atoms with Crippen LogP contribution in [0.1, 0.15) is 33.1 Å². The minimum Gasteiger partial charge on any atom is -0.0849 e. The molecule has 0 spiro atoms. The SMILES string of the molecule is CC(=S)C1=CCCC(C)C1. The standard InChI is InChI=1S/C9H14S/c1-7-4-3-5-9(6-7)8(2)10/h5,7H,3-4,6H2,1-2H3. The lowest BCUT2D eigenvalue weighted by Crippen LogP contribution is -2.06. The maximum Gasteiger partial charge on any atom is 0.0150 e. The molecule has 0 N–H and O–H groups in total. The molecule has 0 aromatic heterocycles. The molecule has 1 unspecified atom stereocenters. The Kier molecular flexibility index (Phi) is 2.61. The summed E-state index contributed by atoms with van der Waals surface area (Å²) in [5.41, 5.74) is 1.41. The van der Waals surface area contributed by atoms with Crippen LogP contribution in [-0.2, 0) is 0 Å². The summed E-state index contributed by atoms with van der Waals surface area (Å²) in [7, 11) is 0. The summed E-state index contributed by atoms with van der Waals surface area (Å²) in [5.74, 6) is 0.845. The van der Waals surface area contributed by atoms with Crippen molar-refractivity contribution < 1.29 is 0 Å². The third-order valence-corrected chi connectivity index (χ3v) is 2.33. The molecule has 0 bridgehead atoms. The molecule has 1 atom stereocenters. The van der Waals surface area contributed by atoms with Crippen LogP contribution in [-0.4, -0.2) is 4.86 Å². The molecule has 0 nitrogen and oxygen atoms in total. The van der Waals surface area contributed by atoms with Gasteiger partial charge in [0.1, 0.15) is 0 Å². The van der Waals surface area contributed by atoms with Crippen molar-refractivity contribution in [2.24, 2.45) is 5.92 Å². The van der Waals surface area contributed by atoms with Gasteiger partial charge in [-0.1, -0.05) is 25.2 Å². The maximum absolute atomic E-state index is 5.10. The Morgan fingerprint density at radius 2 is 2.40 bits per heavy atom. The summed E-state index contributed by atoms with van der Waals surface area (Å²) < 4.78 is 0. The van der Waals surface area contributed by atoms with Gasteiger partial charge >= 0.3 is 0 Å². The third kappa shape index (κ3) is 1.91. The predicted octanol–water partition coefficient (Wildman–Crippen LogP) is 3.12. The first-order valence-electron chi connectivity index (χ1n) is 3.90. The highest BCUT2D eigenvalue weighted by molar-refractivity contribution is 7.80. The molecule has 0 aliphatic heterocycles. The van der Waals surface area contributed by atoms with Crippen LogP contribution in [0.25, 0.3) is 0 Å². The molecule has 56 valence electrons. The fourth-order valence-electron chi connectivity index (χ4n) is 1.39.